The van der Waals surface area contributed by atoms with Crippen LogP contribution in [0.2, 0.25) is 0 Å². The van der Waals surface area contributed by atoms with Crippen LogP contribution < -0.4 is 0 Å². The number of halogens is 1. The maximum Gasteiger partial charge on any atom is 0.201 e. The summed E-state index contributed by atoms with van der Waals surface area (Å²) in [6.45, 7) is 0. The van der Waals surface area contributed by atoms with Gasteiger partial charge < -0.3 is 4.42 Å². The lowest BCUT2D eigenvalue weighted by Crippen LogP contribution is -2.03. The molecule has 1 rings (SSSR count). The van der Waals surface area contributed by atoms with Gasteiger partial charge in [-0.2, -0.15) is 0 Å². The summed E-state index contributed by atoms with van der Waals surface area (Å²) >= 11 is 0. The van der Waals surface area contributed by atoms with E-state index in [-0.39, 0.29) is 18.2 Å². The number of hydrogen-bond donors (Lipinski definition) is 0. The molecule has 5 heteroatoms. The SMILES string of the molecule is Cl.O=C(CP)Cc1ncco1. The number of carbonyl (C=O) groups is 1. The minimum Gasteiger partial charge on any atom is -0.449 e. The predicted molar refractivity (Wildman–Crippen MR) is 47.0 cm³/mol. The van der Waals surface area contributed by atoms with Crippen LogP contribution in [0.25, 0.3) is 0 Å². The van der Waals surface area contributed by atoms with Crippen LogP contribution in [0.5, 0.6) is 0 Å². The fourth-order valence-corrected chi connectivity index (χ4v) is 0.725. The predicted octanol–water partition coefficient (Wildman–Crippen LogP) is 1.08. The van der Waals surface area contributed by atoms with E-state index in [9.17, 15) is 4.79 Å². The molecular weight excluding hydrogens is 184 g/mol. The van der Waals surface area contributed by atoms with E-state index in [0.29, 0.717) is 18.5 Å². The molecule has 0 saturated carbocycles. The first-order valence-electron chi connectivity index (χ1n) is 2.93. The van der Waals surface area contributed by atoms with Crippen molar-refractivity contribution in [2.45, 2.75) is 6.42 Å². The van der Waals surface area contributed by atoms with Gasteiger partial charge in [0, 0.05) is 6.16 Å². The van der Waals surface area contributed by atoms with Crippen LogP contribution in [0.15, 0.2) is 16.9 Å². The van der Waals surface area contributed by atoms with E-state index in [1.54, 1.807) is 0 Å². The highest BCUT2D eigenvalue weighted by molar-refractivity contribution is 7.18. The first-order valence-corrected chi connectivity index (χ1v) is 3.74. The topological polar surface area (TPSA) is 43.1 Å². The van der Waals surface area contributed by atoms with Crippen molar-refractivity contribution in [1.29, 1.82) is 0 Å². The molecule has 62 valence electrons. The molecule has 0 aliphatic heterocycles. The van der Waals surface area contributed by atoms with Gasteiger partial charge in [-0.25, -0.2) is 4.98 Å². The minimum atomic E-state index is 0. The third-order valence-corrected chi connectivity index (χ3v) is 1.51. The minimum absolute atomic E-state index is 0. The summed E-state index contributed by atoms with van der Waals surface area (Å²) in [5, 5.41) is 0. The molecule has 0 saturated heterocycles. The van der Waals surface area contributed by atoms with Crippen LogP contribution in [-0.2, 0) is 11.2 Å². The smallest absolute Gasteiger partial charge is 0.201 e. The number of ketones is 1. The molecule has 11 heavy (non-hydrogen) atoms. The number of aromatic nitrogens is 1. The fraction of sp³-hybridized carbons (Fsp3) is 0.333. The number of rotatable bonds is 3. The summed E-state index contributed by atoms with van der Waals surface area (Å²) in [7, 11) is 2.37. The molecule has 0 radical (unpaired) electrons. The zero-order chi connectivity index (χ0) is 7.40. The summed E-state index contributed by atoms with van der Waals surface area (Å²) in [5.41, 5.74) is 0. The average molecular weight is 194 g/mol. The normalized spacial score (nSPS) is 8.82. The van der Waals surface area contributed by atoms with E-state index in [2.05, 4.69) is 14.2 Å². The fourth-order valence-electron chi connectivity index (χ4n) is 0.581. The molecule has 0 spiro atoms. The zero-order valence-electron chi connectivity index (χ0n) is 5.82. The molecule has 3 nitrogen and oxygen atoms in total. The number of Topliss-reactive ketones (excluding diaryl/α,β-unsaturated/α-hetero) is 1. The second-order valence-electron chi connectivity index (χ2n) is 1.85. The van der Waals surface area contributed by atoms with Crippen LogP contribution in [-0.4, -0.2) is 16.9 Å². The van der Waals surface area contributed by atoms with E-state index in [4.69, 9.17) is 4.42 Å². The number of oxazole rings is 1. The van der Waals surface area contributed by atoms with Gasteiger partial charge >= 0.3 is 0 Å². The maximum absolute atomic E-state index is 10.8. The Bertz CT molecular complexity index is 212. The molecule has 1 unspecified atom stereocenters. The second kappa shape index (κ2) is 5.28. The van der Waals surface area contributed by atoms with Gasteiger partial charge in [-0.3, -0.25) is 4.79 Å². The highest BCUT2D eigenvalue weighted by Crippen LogP contribution is 1.97. The lowest BCUT2D eigenvalue weighted by molar-refractivity contribution is -0.116. The molecule has 0 bridgehead atoms. The highest BCUT2D eigenvalue weighted by Gasteiger charge is 2.03. The Kier molecular flexibility index (Phi) is 5.08. The first kappa shape index (κ1) is 10.6. The van der Waals surface area contributed by atoms with Crippen LogP contribution >= 0.6 is 21.6 Å². The Labute approximate surface area is 73.2 Å². The third-order valence-electron chi connectivity index (χ3n) is 1.06. The monoisotopic (exact) mass is 193 g/mol. The van der Waals surface area contributed by atoms with Gasteiger partial charge in [-0.1, -0.05) is 0 Å². The summed E-state index contributed by atoms with van der Waals surface area (Å²) in [6, 6.07) is 0. The largest absolute Gasteiger partial charge is 0.449 e. The Morgan fingerprint density at radius 2 is 2.45 bits per heavy atom. The van der Waals surface area contributed by atoms with Gasteiger partial charge in [-0.15, -0.1) is 21.6 Å². The van der Waals surface area contributed by atoms with Crippen molar-refractivity contribution in [1.82, 2.24) is 4.98 Å². The van der Waals surface area contributed by atoms with Gasteiger partial charge in [0.1, 0.15) is 12.0 Å². The average Bonchev–Trinajstić information content (AvgIpc) is 2.40. The van der Waals surface area contributed by atoms with Crippen molar-refractivity contribution in [2.24, 2.45) is 0 Å². The molecule has 0 amide bonds. The zero-order valence-corrected chi connectivity index (χ0v) is 7.79. The molecule has 1 aromatic heterocycles. The van der Waals surface area contributed by atoms with Crippen LogP contribution in [0, 0.1) is 0 Å². The molecule has 1 aromatic rings. The van der Waals surface area contributed by atoms with Crippen molar-refractivity contribution in [2.75, 3.05) is 6.16 Å². The number of hydrogen-bond acceptors (Lipinski definition) is 3. The van der Waals surface area contributed by atoms with Gasteiger partial charge in [0.15, 0.2) is 0 Å². The Balaban J connectivity index is 0.000001000. The Morgan fingerprint density at radius 1 is 1.73 bits per heavy atom. The Morgan fingerprint density at radius 3 is 2.91 bits per heavy atom. The molecule has 1 heterocycles. The quantitative estimate of drug-likeness (QED) is 0.675. The summed E-state index contributed by atoms with van der Waals surface area (Å²) in [5.74, 6) is 0.611. The van der Waals surface area contributed by atoms with Crippen LogP contribution in [0.3, 0.4) is 0 Å². The standard InChI is InChI=1S/C6H8NO2P.ClH/c8-5(4-10)3-6-7-1-2-9-6;/h1-2H,3-4,10H2;1H. The number of nitrogens with zero attached hydrogens (tertiary/aromatic N) is 1. The summed E-state index contributed by atoms with van der Waals surface area (Å²) in [6.07, 6.45) is 3.76. The van der Waals surface area contributed by atoms with Gasteiger partial charge in [0.25, 0.3) is 0 Å². The Hall–Kier alpha value is -0.400. The molecular formula is C6H9ClNO2P. The third kappa shape index (κ3) is 3.49. The first-order chi connectivity index (χ1) is 4.83. The van der Waals surface area contributed by atoms with Gasteiger partial charge in [0.05, 0.1) is 12.6 Å². The van der Waals surface area contributed by atoms with Crippen LogP contribution in [0.4, 0.5) is 0 Å². The van der Waals surface area contributed by atoms with E-state index < -0.39 is 0 Å². The van der Waals surface area contributed by atoms with Crippen molar-refractivity contribution in [3.05, 3.63) is 18.4 Å². The number of carbonyl (C=O) groups excluding carboxylic acids is 1. The molecule has 0 aromatic carbocycles. The van der Waals surface area contributed by atoms with Crippen molar-refractivity contribution >= 4 is 27.4 Å². The second-order valence-corrected chi connectivity index (χ2v) is 2.25. The van der Waals surface area contributed by atoms with Gasteiger partial charge in [0.2, 0.25) is 5.89 Å². The van der Waals surface area contributed by atoms with E-state index in [0.717, 1.165) is 0 Å². The molecule has 0 aliphatic carbocycles. The van der Waals surface area contributed by atoms with Crippen molar-refractivity contribution in [3.8, 4) is 0 Å². The van der Waals surface area contributed by atoms with Crippen molar-refractivity contribution in [3.63, 3.8) is 0 Å². The van der Waals surface area contributed by atoms with Gasteiger partial charge in [-0.05, 0) is 0 Å². The summed E-state index contributed by atoms with van der Waals surface area (Å²) in [4.78, 5) is 14.6. The molecule has 1 atom stereocenters. The lowest BCUT2D eigenvalue weighted by Gasteiger charge is -1.89. The van der Waals surface area contributed by atoms with E-state index in [1.807, 2.05) is 0 Å². The van der Waals surface area contributed by atoms with Crippen molar-refractivity contribution < 1.29 is 9.21 Å². The summed E-state index contributed by atoms with van der Waals surface area (Å²) < 4.78 is 4.86. The lowest BCUT2D eigenvalue weighted by atomic mass is 10.3. The molecule has 0 aliphatic rings. The highest BCUT2D eigenvalue weighted by atomic mass is 35.5. The van der Waals surface area contributed by atoms with Crippen LogP contribution in [0.1, 0.15) is 5.89 Å². The van der Waals surface area contributed by atoms with E-state index >= 15 is 0 Å². The maximum atomic E-state index is 10.8. The molecule has 0 N–H and O–H groups in total. The van der Waals surface area contributed by atoms with E-state index in [1.165, 1.54) is 12.5 Å². The molecule has 0 fully saturated rings.